The van der Waals surface area contributed by atoms with E-state index >= 15 is 0 Å². The molecule has 4 nitrogen and oxygen atoms in total. The SMILES string of the molecule is Cc1nc(C(=O)Oc2cccc3c2CCCC3=O)cs1. The van der Waals surface area contributed by atoms with Crippen LogP contribution in [0.25, 0.3) is 0 Å². The third-order valence-electron chi connectivity index (χ3n) is 3.29. The maximum Gasteiger partial charge on any atom is 0.363 e. The van der Waals surface area contributed by atoms with Crippen molar-refractivity contribution in [2.24, 2.45) is 0 Å². The zero-order valence-electron chi connectivity index (χ0n) is 11.0. The number of aromatic nitrogens is 1. The maximum atomic E-state index is 12.0. The Balaban J connectivity index is 1.90. The van der Waals surface area contributed by atoms with Crippen LogP contribution < -0.4 is 4.74 Å². The quantitative estimate of drug-likeness (QED) is 0.628. The van der Waals surface area contributed by atoms with Gasteiger partial charge in [0.25, 0.3) is 0 Å². The van der Waals surface area contributed by atoms with Crippen LogP contribution >= 0.6 is 11.3 Å². The lowest BCUT2D eigenvalue weighted by molar-refractivity contribution is 0.0725. The Hall–Kier alpha value is -2.01. The van der Waals surface area contributed by atoms with Gasteiger partial charge in [0, 0.05) is 22.9 Å². The molecular formula is C15H13NO3S. The Labute approximate surface area is 120 Å². The second-order valence-corrected chi connectivity index (χ2v) is 5.76. The highest BCUT2D eigenvalue weighted by atomic mass is 32.1. The number of carbonyl (C=O) groups excluding carboxylic acids is 2. The van der Waals surface area contributed by atoms with Crippen LogP contribution in [0.15, 0.2) is 23.6 Å². The summed E-state index contributed by atoms with van der Waals surface area (Å²) in [6.07, 6.45) is 2.13. The highest BCUT2D eigenvalue weighted by Crippen LogP contribution is 2.30. The van der Waals surface area contributed by atoms with Crippen molar-refractivity contribution in [3.8, 4) is 5.75 Å². The summed E-state index contributed by atoms with van der Waals surface area (Å²) < 4.78 is 5.41. The van der Waals surface area contributed by atoms with Gasteiger partial charge in [-0.05, 0) is 25.8 Å². The van der Waals surface area contributed by atoms with Gasteiger partial charge < -0.3 is 4.74 Å². The lowest BCUT2D eigenvalue weighted by atomic mass is 9.90. The predicted octanol–water partition coefficient (Wildman–Crippen LogP) is 3.19. The van der Waals surface area contributed by atoms with Crippen molar-refractivity contribution in [3.63, 3.8) is 0 Å². The zero-order valence-corrected chi connectivity index (χ0v) is 11.8. The summed E-state index contributed by atoms with van der Waals surface area (Å²) in [6, 6.07) is 5.27. The van der Waals surface area contributed by atoms with Crippen molar-refractivity contribution in [1.29, 1.82) is 0 Å². The maximum absolute atomic E-state index is 12.0. The second kappa shape index (κ2) is 5.17. The zero-order chi connectivity index (χ0) is 14.1. The average molecular weight is 287 g/mol. The van der Waals surface area contributed by atoms with Gasteiger partial charge >= 0.3 is 5.97 Å². The van der Waals surface area contributed by atoms with E-state index in [4.69, 9.17) is 4.74 Å². The second-order valence-electron chi connectivity index (χ2n) is 4.70. The van der Waals surface area contributed by atoms with Crippen molar-refractivity contribution in [2.45, 2.75) is 26.2 Å². The van der Waals surface area contributed by atoms with Crippen LogP contribution in [-0.2, 0) is 6.42 Å². The molecule has 1 aromatic heterocycles. The summed E-state index contributed by atoms with van der Waals surface area (Å²) in [5.74, 6) is 0.126. The van der Waals surface area contributed by atoms with Crippen molar-refractivity contribution in [3.05, 3.63) is 45.4 Å². The molecule has 0 N–H and O–H groups in total. The molecule has 0 unspecified atom stereocenters. The number of carbonyl (C=O) groups is 2. The first-order valence-corrected chi connectivity index (χ1v) is 7.32. The van der Waals surface area contributed by atoms with Crippen molar-refractivity contribution in [1.82, 2.24) is 4.98 Å². The van der Waals surface area contributed by atoms with Gasteiger partial charge in [0.2, 0.25) is 0 Å². The summed E-state index contributed by atoms with van der Waals surface area (Å²) >= 11 is 1.41. The molecule has 0 atom stereocenters. The van der Waals surface area contributed by atoms with E-state index in [0.29, 0.717) is 23.4 Å². The number of rotatable bonds is 2. The number of Topliss-reactive ketones (excluding diaryl/α,β-unsaturated/α-hetero) is 1. The fraction of sp³-hybridized carbons (Fsp3) is 0.267. The van der Waals surface area contributed by atoms with Crippen LogP contribution in [0, 0.1) is 6.92 Å². The van der Waals surface area contributed by atoms with Crippen LogP contribution in [0.5, 0.6) is 5.75 Å². The Bertz CT molecular complexity index is 690. The topological polar surface area (TPSA) is 56.3 Å². The summed E-state index contributed by atoms with van der Waals surface area (Å²) in [6.45, 7) is 1.84. The summed E-state index contributed by atoms with van der Waals surface area (Å²) in [5, 5.41) is 2.50. The minimum absolute atomic E-state index is 0.119. The molecule has 0 saturated carbocycles. The largest absolute Gasteiger partial charge is 0.421 e. The third kappa shape index (κ3) is 2.36. The minimum atomic E-state index is -0.472. The average Bonchev–Trinajstić information content (AvgIpc) is 2.87. The fourth-order valence-corrected chi connectivity index (χ4v) is 2.93. The third-order valence-corrected chi connectivity index (χ3v) is 4.07. The van der Waals surface area contributed by atoms with Crippen LogP contribution in [0.3, 0.4) is 0 Å². The molecule has 0 bridgehead atoms. The van der Waals surface area contributed by atoms with Crippen LogP contribution in [0.1, 0.15) is 44.3 Å². The molecule has 0 aliphatic heterocycles. The standard InChI is InChI=1S/C15H13NO3S/c1-9-16-12(8-20-9)15(18)19-14-7-3-4-10-11(14)5-2-6-13(10)17/h3-4,7-8H,2,5-6H2,1H3. The molecule has 0 amide bonds. The van der Waals surface area contributed by atoms with Gasteiger partial charge in [-0.15, -0.1) is 11.3 Å². The molecule has 1 aliphatic carbocycles. The molecule has 0 saturated heterocycles. The van der Waals surface area contributed by atoms with Crippen LogP contribution in [0.4, 0.5) is 0 Å². The van der Waals surface area contributed by atoms with Gasteiger partial charge in [0.05, 0.1) is 5.01 Å². The Kier molecular flexibility index (Phi) is 3.36. The fourth-order valence-electron chi connectivity index (χ4n) is 2.35. The van der Waals surface area contributed by atoms with Crippen molar-refractivity contribution >= 4 is 23.1 Å². The molecule has 5 heteroatoms. The van der Waals surface area contributed by atoms with E-state index in [9.17, 15) is 9.59 Å². The van der Waals surface area contributed by atoms with Gasteiger partial charge in [0.1, 0.15) is 5.75 Å². The van der Waals surface area contributed by atoms with Crippen molar-refractivity contribution in [2.75, 3.05) is 0 Å². The molecule has 0 spiro atoms. The first-order valence-electron chi connectivity index (χ1n) is 6.44. The van der Waals surface area contributed by atoms with Crippen molar-refractivity contribution < 1.29 is 14.3 Å². The molecule has 2 aromatic rings. The van der Waals surface area contributed by atoms with Gasteiger partial charge in [-0.2, -0.15) is 0 Å². The first kappa shape index (κ1) is 13.0. The summed E-state index contributed by atoms with van der Waals surface area (Å²) in [5.41, 5.74) is 1.83. The highest BCUT2D eigenvalue weighted by molar-refractivity contribution is 7.09. The monoisotopic (exact) mass is 287 g/mol. The Morgan fingerprint density at radius 2 is 2.20 bits per heavy atom. The van der Waals surface area contributed by atoms with E-state index in [1.54, 1.807) is 23.6 Å². The number of aryl methyl sites for hydroxylation is 1. The number of ether oxygens (including phenoxy) is 1. The number of fused-ring (bicyclic) bond motifs is 1. The van der Waals surface area contributed by atoms with Gasteiger partial charge in [-0.1, -0.05) is 12.1 Å². The van der Waals surface area contributed by atoms with Crippen LogP contribution in [-0.4, -0.2) is 16.7 Å². The van der Waals surface area contributed by atoms with E-state index in [2.05, 4.69) is 4.98 Å². The molecular weight excluding hydrogens is 274 g/mol. The lowest BCUT2D eigenvalue weighted by Gasteiger charge is -2.17. The Morgan fingerprint density at radius 1 is 1.35 bits per heavy atom. The molecule has 1 aromatic carbocycles. The van der Waals surface area contributed by atoms with Crippen LogP contribution in [0.2, 0.25) is 0 Å². The van der Waals surface area contributed by atoms with E-state index in [-0.39, 0.29) is 5.78 Å². The number of ketones is 1. The van der Waals surface area contributed by atoms with E-state index < -0.39 is 5.97 Å². The molecule has 102 valence electrons. The molecule has 1 heterocycles. The van der Waals surface area contributed by atoms with Gasteiger partial charge in [0.15, 0.2) is 11.5 Å². The number of esters is 1. The van der Waals surface area contributed by atoms with E-state index in [1.165, 1.54) is 11.3 Å². The smallest absolute Gasteiger partial charge is 0.363 e. The predicted molar refractivity (Wildman–Crippen MR) is 75.5 cm³/mol. The molecule has 0 fully saturated rings. The first-order chi connectivity index (χ1) is 9.65. The number of hydrogen-bond donors (Lipinski definition) is 0. The molecule has 3 rings (SSSR count). The lowest BCUT2D eigenvalue weighted by Crippen LogP contribution is -2.15. The number of hydrogen-bond acceptors (Lipinski definition) is 5. The van der Waals surface area contributed by atoms with Gasteiger partial charge in [-0.3, -0.25) is 4.79 Å². The van der Waals surface area contributed by atoms with E-state index in [0.717, 1.165) is 23.4 Å². The van der Waals surface area contributed by atoms with E-state index in [1.807, 2.05) is 6.92 Å². The highest BCUT2D eigenvalue weighted by Gasteiger charge is 2.22. The molecule has 1 aliphatic rings. The minimum Gasteiger partial charge on any atom is -0.421 e. The van der Waals surface area contributed by atoms with Gasteiger partial charge in [-0.25, -0.2) is 9.78 Å². The number of benzene rings is 1. The molecule has 20 heavy (non-hydrogen) atoms. The number of nitrogens with zero attached hydrogens (tertiary/aromatic N) is 1. The Morgan fingerprint density at radius 3 is 2.95 bits per heavy atom. The summed E-state index contributed by atoms with van der Waals surface area (Å²) in [4.78, 5) is 28.0. The number of thiazole rings is 1. The molecule has 0 radical (unpaired) electrons. The normalized spacial score (nSPS) is 13.9. The summed E-state index contributed by atoms with van der Waals surface area (Å²) in [7, 11) is 0.